The van der Waals surface area contributed by atoms with Crippen molar-refractivity contribution in [1.82, 2.24) is 9.55 Å². The molecule has 5 aromatic rings. The second kappa shape index (κ2) is 7.48. The summed E-state index contributed by atoms with van der Waals surface area (Å²) in [7, 11) is 0. The number of hydrogen-bond acceptors (Lipinski definition) is 1. The summed E-state index contributed by atoms with van der Waals surface area (Å²) in [4.78, 5) is 4.78. The van der Waals surface area contributed by atoms with Gasteiger partial charge in [-0.3, -0.25) is 0 Å². The number of benzene rings is 4. The van der Waals surface area contributed by atoms with E-state index in [1.165, 1.54) is 20.3 Å². The molecule has 3 heteroatoms. The van der Waals surface area contributed by atoms with Gasteiger partial charge in [0.2, 0.25) is 0 Å². The molecule has 4 aromatic carbocycles. The molecule has 1 aromatic heterocycles. The van der Waals surface area contributed by atoms with Crippen LogP contribution >= 0.6 is 22.6 Å². The summed E-state index contributed by atoms with van der Waals surface area (Å²) in [5, 5.41) is 0. The van der Waals surface area contributed by atoms with Crippen LogP contribution < -0.4 is 0 Å². The molecular formula is C26H19IN2. The summed E-state index contributed by atoms with van der Waals surface area (Å²) in [6.07, 6.45) is 1.98. The fourth-order valence-electron chi connectivity index (χ4n) is 4.21. The first kappa shape index (κ1) is 18.1. The number of fused-ring (bicyclic) bond motifs is 1. The topological polar surface area (TPSA) is 17.8 Å². The first-order chi connectivity index (χ1) is 14.3. The Labute approximate surface area is 184 Å². The van der Waals surface area contributed by atoms with E-state index in [1.54, 1.807) is 0 Å². The second-order valence-electron chi connectivity index (χ2n) is 7.06. The smallest absolute Gasteiger partial charge is 0.122 e. The predicted molar refractivity (Wildman–Crippen MR) is 127 cm³/mol. The number of hydrogen-bond donors (Lipinski definition) is 0. The summed E-state index contributed by atoms with van der Waals surface area (Å²) in [5.41, 5.74) is 5.21. The Kier molecular flexibility index (Phi) is 4.68. The summed E-state index contributed by atoms with van der Waals surface area (Å²) in [6.45, 7) is 0. The molecule has 5 rings (SSSR count). The van der Waals surface area contributed by atoms with Crippen molar-refractivity contribution in [2.75, 3.05) is 0 Å². The SMILES string of the molecule is Ic1ccc2c(c1)ncn2C(c1ccccc1)(c1ccccc1)c1ccccc1. The third kappa shape index (κ3) is 2.97. The van der Waals surface area contributed by atoms with Crippen molar-refractivity contribution in [2.45, 2.75) is 5.54 Å². The highest BCUT2D eigenvalue weighted by molar-refractivity contribution is 14.1. The van der Waals surface area contributed by atoms with Crippen molar-refractivity contribution < 1.29 is 0 Å². The summed E-state index contributed by atoms with van der Waals surface area (Å²) < 4.78 is 3.50. The highest BCUT2D eigenvalue weighted by atomic mass is 127. The van der Waals surface area contributed by atoms with Crippen molar-refractivity contribution in [3.63, 3.8) is 0 Å². The van der Waals surface area contributed by atoms with Crippen LogP contribution in [0.4, 0.5) is 0 Å². The van der Waals surface area contributed by atoms with Gasteiger partial charge >= 0.3 is 0 Å². The molecule has 0 aliphatic carbocycles. The van der Waals surface area contributed by atoms with Gasteiger partial charge in [0.15, 0.2) is 0 Å². The Balaban J connectivity index is 1.95. The molecule has 0 amide bonds. The highest BCUT2D eigenvalue weighted by Crippen LogP contribution is 2.42. The van der Waals surface area contributed by atoms with Crippen LogP contribution in [-0.2, 0) is 5.54 Å². The standard InChI is InChI=1S/C26H19IN2/c27-23-16-17-25-24(18-23)28-19-29(25)26(20-10-4-1-5-11-20,21-12-6-2-7-13-21)22-14-8-3-9-15-22/h1-19H. The van der Waals surface area contributed by atoms with Gasteiger partial charge in [0.1, 0.15) is 5.54 Å². The van der Waals surface area contributed by atoms with Crippen molar-refractivity contribution in [2.24, 2.45) is 0 Å². The van der Waals surface area contributed by atoms with Gasteiger partial charge in [-0.15, -0.1) is 0 Å². The predicted octanol–water partition coefficient (Wildman–Crippen LogP) is 6.48. The second-order valence-corrected chi connectivity index (χ2v) is 8.30. The van der Waals surface area contributed by atoms with Crippen LogP contribution in [0.2, 0.25) is 0 Å². The zero-order chi connectivity index (χ0) is 19.7. The Hall–Kier alpha value is -2.92. The van der Waals surface area contributed by atoms with Crippen LogP contribution in [0.1, 0.15) is 16.7 Å². The number of imidazole rings is 1. The first-order valence-electron chi connectivity index (χ1n) is 9.60. The first-order valence-corrected chi connectivity index (χ1v) is 10.7. The molecule has 0 atom stereocenters. The minimum absolute atomic E-state index is 0.523. The van der Waals surface area contributed by atoms with E-state index in [-0.39, 0.29) is 0 Å². The average molecular weight is 486 g/mol. The molecule has 2 nitrogen and oxygen atoms in total. The maximum Gasteiger partial charge on any atom is 0.122 e. The normalized spacial score (nSPS) is 11.6. The van der Waals surface area contributed by atoms with Crippen molar-refractivity contribution in [1.29, 1.82) is 0 Å². The van der Waals surface area contributed by atoms with E-state index in [0.717, 1.165) is 11.0 Å². The fourth-order valence-corrected chi connectivity index (χ4v) is 4.68. The van der Waals surface area contributed by atoms with E-state index in [4.69, 9.17) is 4.98 Å². The molecule has 0 bridgehead atoms. The highest BCUT2D eigenvalue weighted by Gasteiger charge is 2.39. The zero-order valence-corrected chi connectivity index (χ0v) is 17.9. The summed E-state index contributed by atoms with van der Waals surface area (Å²) >= 11 is 2.34. The third-order valence-electron chi connectivity index (χ3n) is 5.45. The molecule has 0 fully saturated rings. The largest absolute Gasteiger partial charge is 0.312 e. The van der Waals surface area contributed by atoms with Gasteiger partial charge in [0.25, 0.3) is 0 Å². The van der Waals surface area contributed by atoms with Gasteiger partial charge in [0, 0.05) is 3.57 Å². The lowest BCUT2D eigenvalue weighted by molar-refractivity contribution is 0.529. The van der Waals surface area contributed by atoms with Crippen LogP contribution in [0, 0.1) is 3.57 Å². The number of halogens is 1. The molecule has 140 valence electrons. The van der Waals surface area contributed by atoms with E-state index in [2.05, 4.69) is 136 Å². The average Bonchev–Trinajstić information content (AvgIpc) is 3.20. The van der Waals surface area contributed by atoms with Crippen LogP contribution in [0.5, 0.6) is 0 Å². The van der Waals surface area contributed by atoms with Gasteiger partial charge in [0.05, 0.1) is 17.4 Å². The van der Waals surface area contributed by atoms with E-state index in [9.17, 15) is 0 Å². The Morgan fingerprint density at radius 2 is 1.10 bits per heavy atom. The molecule has 0 aliphatic heterocycles. The zero-order valence-electron chi connectivity index (χ0n) is 15.7. The van der Waals surface area contributed by atoms with Gasteiger partial charge in [-0.2, -0.15) is 0 Å². The Morgan fingerprint density at radius 1 is 0.621 bits per heavy atom. The molecule has 0 saturated carbocycles. The molecule has 29 heavy (non-hydrogen) atoms. The van der Waals surface area contributed by atoms with Gasteiger partial charge in [-0.1, -0.05) is 91.0 Å². The number of rotatable bonds is 4. The molecule has 1 heterocycles. The number of aromatic nitrogens is 2. The molecule has 0 saturated heterocycles. The van der Waals surface area contributed by atoms with E-state index >= 15 is 0 Å². The van der Waals surface area contributed by atoms with Crippen molar-refractivity contribution in [3.8, 4) is 0 Å². The minimum atomic E-state index is -0.523. The van der Waals surface area contributed by atoms with Crippen molar-refractivity contribution >= 4 is 33.6 Å². The monoisotopic (exact) mass is 486 g/mol. The van der Waals surface area contributed by atoms with Gasteiger partial charge in [-0.25, -0.2) is 4.98 Å². The maximum atomic E-state index is 4.78. The minimum Gasteiger partial charge on any atom is -0.312 e. The molecular weight excluding hydrogens is 467 g/mol. The summed E-state index contributed by atoms with van der Waals surface area (Å²) in [5.74, 6) is 0. The van der Waals surface area contributed by atoms with E-state index in [0.29, 0.717) is 0 Å². The van der Waals surface area contributed by atoms with Crippen LogP contribution in [0.3, 0.4) is 0 Å². The van der Waals surface area contributed by atoms with Gasteiger partial charge < -0.3 is 4.57 Å². The maximum absolute atomic E-state index is 4.78. The van der Waals surface area contributed by atoms with Crippen LogP contribution in [0.15, 0.2) is 116 Å². The lowest BCUT2D eigenvalue weighted by atomic mass is 9.76. The molecule has 0 unspecified atom stereocenters. The lowest BCUT2D eigenvalue weighted by Crippen LogP contribution is -2.37. The molecule has 0 aliphatic rings. The molecule has 0 radical (unpaired) electrons. The van der Waals surface area contributed by atoms with Crippen LogP contribution in [0.25, 0.3) is 11.0 Å². The Morgan fingerprint density at radius 3 is 1.59 bits per heavy atom. The fraction of sp³-hybridized carbons (Fsp3) is 0.0385. The molecule has 0 N–H and O–H groups in total. The number of nitrogens with zero attached hydrogens (tertiary/aromatic N) is 2. The Bertz CT molecular complexity index is 1150. The van der Waals surface area contributed by atoms with Gasteiger partial charge in [-0.05, 0) is 57.5 Å². The molecule has 0 spiro atoms. The van der Waals surface area contributed by atoms with Crippen LogP contribution in [-0.4, -0.2) is 9.55 Å². The van der Waals surface area contributed by atoms with E-state index < -0.39 is 5.54 Å². The van der Waals surface area contributed by atoms with Crippen molar-refractivity contribution in [3.05, 3.63) is 136 Å². The van der Waals surface area contributed by atoms with E-state index in [1.807, 2.05) is 6.33 Å². The lowest BCUT2D eigenvalue weighted by Gasteiger charge is -2.38. The summed E-state index contributed by atoms with van der Waals surface area (Å²) in [6, 6.07) is 38.6. The quantitative estimate of drug-likeness (QED) is 0.210. The third-order valence-corrected chi connectivity index (χ3v) is 6.12.